The molecule has 0 unspecified atom stereocenters. The second-order valence-electron chi connectivity index (χ2n) is 5.60. The van der Waals surface area contributed by atoms with Crippen LogP contribution >= 0.6 is 0 Å². The summed E-state index contributed by atoms with van der Waals surface area (Å²) in [5, 5.41) is 12.1. The lowest BCUT2D eigenvalue weighted by Crippen LogP contribution is -1.91. The van der Waals surface area contributed by atoms with Gasteiger partial charge in [0.2, 0.25) is 0 Å². The van der Waals surface area contributed by atoms with E-state index in [-0.39, 0.29) is 5.75 Å². The van der Waals surface area contributed by atoms with Gasteiger partial charge in [-0.1, -0.05) is 60.7 Å². The summed E-state index contributed by atoms with van der Waals surface area (Å²) in [6, 6.07) is 28.3. The molecule has 0 fully saturated rings. The monoisotopic (exact) mass is 328 g/mol. The van der Waals surface area contributed by atoms with Crippen molar-refractivity contribution < 1.29 is 14.6 Å². The Bertz CT molecular complexity index is 1020. The molecule has 0 aliphatic carbocycles. The third kappa shape index (κ3) is 3.12. The number of benzene rings is 4. The van der Waals surface area contributed by atoms with Crippen LogP contribution in [0.25, 0.3) is 10.8 Å². The van der Waals surface area contributed by atoms with Crippen molar-refractivity contribution in [2.45, 2.75) is 0 Å². The molecule has 3 heteroatoms. The van der Waals surface area contributed by atoms with Gasteiger partial charge in [0, 0.05) is 5.39 Å². The smallest absolute Gasteiger partial charge is 0.170 e. The summed E-state index contributed by atoms with van der Waals surface area (Å²) in [5.41, 5.74) is 0. The number of fused-ring (bicyclic) bond motifs is 1. The molecule has 1 N–H and O–H groups in total. The van der Waals surface area contributed by atoms with Crippen LogP contribution in [0.5, 0.6) is 28.7 Å². The molecule has 0 saturated heterocycles. The number of hydrogen-bond acceptors (Lipinski definition) is 3. The molecule has 4 aromatic rings. The van der Waals surface area contributed by atoms with Crippen molar-refractivity contribution in [1.29, 1.82) is 0 Å². The quantitative estimate of drug-likeness (QED) is 0.490. The predicted molar refractivity (Wildman–Crippen MR) is 98.6 cm³/mol. The average Bonchev–Trinajstić information content (AvgIpc) is 2.65. The van der Waals surface area contributed by atoms with Crippen LogP contribution in [0.15, 0.2) is 91.0 Å². The lowest BCUT2D eigenvalue weighted by atomic mass is 10.1. The molecule has 4 rings (SSSR count). The molecular formula is C22H16O3. The second-order valence-corrected chi connectivity index (χ2v) is 5.60. The SMILES string of the molecule is Oc1ccccc1Oc1ccccc1Oc1cccc2ccccc12. The van der Waals surface area contributed by atoms with E-state index >= 15 is 0 Å². The first-order valence-electron chi connectivity index (χ1n) is 8.02. The third-order valence-corrected chi connectivity index (χ3v) is 3.90. The van der Waals surface area contributed by atoms with Crippen molar-refractivity contribution >= 4 is 10.8 Å². The molecule has 0 bridgehead atoms. The van der Waals surface area contributed by atoms with Gasteiger partial charge in [-0.2, -0.15) is 0 Å². The zero-order chi connectivity index (χ0) is 17.1. The number of rotatable bonds is 4. The molecule has 0 amide bonds. The molecule has 0 spiro atoms. The molecule has 4 aromatic carbocycles. The molecule has 0 aliphatic rings. The van der Waals surface area contributed by atoms with Crippen LogP contribution in [0.3, 0.4) is 0 Å². The maximum atomic E-state index is 9.93. The highest BCUT2D eigenvalue weighted by molar-refractivity contribution is 5.88. The molecule has 0 aromatic heterocycles. The standard InChI is InChI=1S/C22H16O3/c23-18-11-3-4-12-20(18)25-22-14-6-5-13-21(22)24-19-15-7-9-16-8-1-2-10-17(16)19/h1-15,23H. The Morgan fingerprint density at radius 2 is 1.00 bits per heavy atom. The Hall–Kier alpha value is -3.46. The van der Waals surface area contributed by atoms with Crippen LogP contribution in [-0.4, -0.2) is 5.11 Å². The van der Waals surface area contributed by atoms with Gasteiger partial charge in [-0.25, -0.2) is 0 Å². The minimum Gasteiger partial charge on any atom is -0.504 e. The number of phenols is 1. The normalized spacial score (nSPS) is 10.6. The van der Waals surface area contributed by atoms with Gasteiger partial charge >= 0.3 is 0 Å². The zero-order valence-electron chi connectivity index (χ0n) is 13.4. The summed E-state index contributed by atoms with van der Waals surface area (Å²) >= 11 is 0. The highest BCUT2D eigenvalue weighted by atomic mass is 16.5. The van der Waals surface area contributed by atoms with Crippen LogP contribution in [-0.2, 0) is 0 Å². The van der Waals surface area contributed by atoms with E-state index in [0.29, 0.717) is 17.2 Å². The number of hydrogen-bond donors (Lipinski definition) is 1. The van der Waals surface area contributed by atoms with Gasteiger partial charge in [0.25, 0.3) is 0 Å². The predicted octanol–water partition coefficient (Wildman–Crippen LogP) is 6.13. The Balaban J connectivity index is 1.71. The minimum absolute atomic E-state index is 0.0856. The molecule has 0 radical (unpaired) electrons. The zero-order valence-corrected chi connectivity index (χ0v) is 13.4. The summed E-state index contributed by atoms with van der Waals surface area (Å²) in [6.07, 6.45) is 0. The van der Waals surface area contributed by atoms with Gasteiger partial charge in [-0.3, -0.25) is 0 Å². The van der Waals surface area contributed by atoms with Crippen LogP contribution in [0, 0.1) is 0 Å². The number of phenolic OH excluding ortho intramolecular Hbond substituents is 1. The van der Waals surface area contributed by atoms with E-state index in [4.69, 9.17) is 9.47 Å². The topological polar surface area (TPSA) is 38.7 Å². The van der Waals surface area contributed by atoms with Gasteiger partial charge in [-0.15, -0.1) is 0 Å². The van der Waals surface area contributed by atoms with Gasteiger partial charge < -0.3 is 14.6 Å². The summed E-state index contributed by atoms with van der Waals surface area (Å²) in [6.45, 7) is 0. The van der Waals surface area contributed by atoms with Gasteiger partial charge in [-0.05, 0) is 35.7 Å². The van der Waals surface area contributed by atoms with Crippen LogP contribution in [0.1, 0.15) is 0 Å². The minimum atomic E-state index is 0.0856. The van der Waals surface area contributed by atoms with E-state index < -0.39 is 0 Å². The third-order valence-electron chi connectivity index (χ3n) is 3.90. The lowest BCUT2D eigenvalue weighted by molar-refractivity contribution is 0.390. The molecule has 25 heavy (non-hydrogen) atoms. The molecule has 122 valence electrons. The fraction of sp³-hybridized carbons (Fsp3) is 0. The van der Waals surface area contributed by atoms with Gasteiger partial charge in [0.15, 0.2) is 23.0 Å². The van der Waals surface area contributed by atoms with E-state index in [1.807, 2.05) is 72.8 Å². The first-order valence-corrected chi connectivity index (χ1v) is 8.02. The van der Waals surface area contributed by atoms with E-state index in [1.165, 1.54) is 0 Å². The fourth-order valence-corrected chi connectivity index (χ4v) is 2.68. The Morgan fingerprint density at radius 3 is 1.76 bits per heavy atom. The van der Waals surface area contributed by atoms with Crippen molar-refractivity contribution in [3.63, 3.8) is 0 Å². The maximum Gasteiger partial charge on any atom is 0.170 e. The van der Waals surface area contributed by atoms with E-state index in [1.54, 1.807) is 18.2 Å². The molecule has 0 aliphatic heterocycles. The maximum absolute atomic E-state index is 9.93. The van der Waals surface area contributed by atoms with E-state index in [2.05, 4.69) is 0 Å². The summed E-state index contributed by atoms with van der Waals surface area (Å²) in [4.78, 5) is 0. The Kier molecular flexibility index (Phi) is 3.97. The molecule has 0 atom stereocenters. The Morgan fingerprint density at radius 1 is 0.480 bits per heavy atom. The number of para-hydroxylation sites is 4. The van der Waals surface area contributed by atoms with Crippen molar-refractivity contribution in [2.24, 2.45) is 0 Å². The number of aromatic hydroxyl groups is 1. The molecular weight excluding hydrogens is 312 g/mol. The molecule has 0 saturated carbocycles. The highest BCUT2D eigenvalue weighted by Gasteiger charge is 2.10. The van der Waals surface area contributed by atoms with Crippen LogP contribution in [0.4, 0.5) is 0 Å². The number of ether oxygens (including phenoxy) is 2. The molecule has 3 nitrogen and oxygen atoms in total. The van der Waals surface area contributed by atoms with Gasteiger partial charge in [0.1, 0.15) is 5.75 Å². The molecule has 0 heterocycles. The van der Waals surface area contributed by atoms with Crippen molar-refractivity contribution in [3.05, 3.63) is 91.0 Å². The summed E-state index contributed by atoms with van der Waals surface area (Å²) in [5.74, 6) is 2.35. The largest absolute Gasteiger partial charge is 0.504 e. The second kappa shape index (κ2) is 6.57. The Labute approximate surface area is 145 Å². The van der Waals surface area contributed by atoms with Crippen molar-refractivity contribution in [2.75, 3.05) is 0 Å². The summed E-state index contributed by atoms with van der Waals surface area (Å²) in [7, 11) is 0. The fourth-order valence-electron chi connectivity index (χ4n) is 2.68. The summed E-state index contributed by atoms with van der Waals surface area (Å²) < 4.78 is 12.0. The van der Waals surface area contributed by atoms with Crippen LogP contribution in [0.2, 0.25) is 0 Å². The van der Waals surface area contributed by atoms with E-state index in [9.17, 15) is 5.11 Å². The first-order chi connectivity index (χ1) is 12.3. The average molecular weight is 328 g/mol. The van der Waals surface area contributed by atoms with Crippen molar-refractivity contribution in [1.82, 2.24) is 0 Å². The lowest BCUT2D eigenvalue weighted by Gasteiger charge is -2.14. The van der Waals surface area contributed by atoms with Gasteiger partial charge in [0.05, 0.1) is 0 Å². The van der Waals surface area contributed by atoms with Crippen molar-refractivity contribution in [3.8, 4) is 28.7 Å². The van der Waals surface area contributed by atoms with Crippen LogP contribution < -0.4 is 9.47 Å². The van der Waals surface area contributed by atoms with E-state index in [0.717, 1.165) is 16.5 Å². The highest BCUT2D eigenvalue weighted by Crippen LogP contribution is 2.39. The first kappa shape index (κ1) is 15.1.